The first-order valence-electron chi connectivity index (χ1n) is 12.1. The summed E-state index contributed by atoms with van der Waals surface area (Å²) < 4.78 is 5.21. The number of unbranched alkanes of at least 4 members (excludes halogenated alkanes) is 2. The van der Waals surface area contributed by atoms with Crippen LogP contribution in [0.15, 0.2) is 60.8 Å². The van der Waals surface area contributed by atoms with Gasteiger partial charge in [0.25, 0.3) is 0 Å². The van der Waals surface area contributed by atoms with E-state index in [4.69, 9.17) is 9.72 Å². The van der Waals surface area contributed by atoms with Gasteiger partial charge < -0.3 is 10.1 Å². The molecule has 0 bridgehead atoms. The van der Waals surface area contributed by atoms with Crippen LogP contribution >= 0.6 is 0 Å². The molecule has 0 aliphatic carbocycles. The summed E-state index contributed by atoms with van der Waals surface area (Å²) >= 11 is 0. The van der Waals surface area contributed by atoms with Gasteiger partial charge in [-0.2, -0.15) is 0 Å². The summed E-state index contributed by atoms with van der Waals surface area (Å²) in [6.45, 7) is 3.26. The van der Waals surface area contributed by atoms with Crippen LogP contribution in [0.2, 0.25) is 0 Å². The van der Waals surface area contributed by atoms with Crippen LogP contribution in [0.3, 0.4) is 0 Å². The molecule has 0 saturated carbocycles. The van der Waals surface area contributed by atoms with Crippen LogP contribution in [-0.2, 0) is 22.4 Å². The Morgan fingerprint density at radius 1 is 1.21 bits per heavy atom. The lowest BCUT2D eigenvalue weighted by molar-refractivity contribution is -0.143. The maximum atomic E-state index is 12.2. The third-order valence-electron chi connectivity index (χ3n) is 6.11. The average Bonchev–Trinajstić information content (AvgIpc) is 2.85. The molecule has 1 aliphatic rings. The molecule has 172 valence electrons. The second-order valence-corrected chi connectivity index (χ2v) is 8.59. The number of aryl methyl sites for hydroxylation is 2. The minimum atomic E-state index is -0.174. The van der Waals surface area contributed by atoms with Gasteiger partial charge in [0, 0.05) is 29.7 Å². The number of nitrogens with one attached hydrogen (secondary N) is 1. The van der Waals surface area contributed by atoms with E-state index >= 15 is 0 Å². The van der Waals surface area contributed by atoms with Gasteiger partial charge in [-0.3, -0.25) is 9.78 Å². The van der Waals surface area contributed by atoms with Crippen molar-refractivity contribution in [2.45, 2.75) is 57.8 Å². The standard InChI is InChI=1S/C28H33N3O2/c1-2-33-27(32)19-22(24-18-23-11-7-8-14-26(23)30-20-24)10-5-3-4-6-13-25-16-15-21-12-9-17-29-28(21)31-25/h5,7-8,10-11,14-16,18,20,22H,2-4,6,9,12-13,17,19H2,1H3,(H,29,31)/b10-5+. The Morgan fingerprint density at radius 2 is 2.12 bits per heavy atom. The van der Waals surface area contributed by atoms with E-state index in [0.29, 0.717) is 13.0 Å². The highest BCUT2D eigenvalue weighted by Crippen LogP contribution is 2.25. The highest BCUT2D eigenvalue weighted by Gasteiger charge is 2.15. The summed E-state index contributed by atoms with van der Waals surface area (Å²) in [6.07, 6.45) is 13.0. The predicted molar refractivity (Wildman–Crippen MR) is 133 cm³/mol. The fourth-order valence-corrected chi connectivity index (χ4v) is 4.32. The number of aromatic nitrogens is 2. The molecule has 0 fully saturated rings. The molecular weight excluding hydrogens is 410 g/mol. The van der Waals surface area contributed by atoms with Crippen molar-refractivity contribution in [2.24, 2.45) is 0 Å². The van der Waals surface area contributed by atoms with E-state index in [9.17, 15) is 4.79 Å². The zero-order valence-electron chi connectivity index (χ0n) is 19.4. The van der Waals surface area contributed by atoms with E-state index in [2.05, 4.69) is 46.7 Å². The second-order valence-electron chi connectivity index (χ2n) is 8.59. The molecule has 0 saturated heterocycles. The maximum absolute atomic E-state index is 12.2. The molecule has 1 aliphatic heterocycles. The Bertz CT molecular complexity index is 1110. The Labute approximate surface area is 196 Å². The summed E-state index contributed by atoms with van der Waals surface area (Å²) in [5, 5.41) is 4.50. The Hall–Kier alpha value is -3.21. The molecular formula is C28H33N3O2. The summed E-state index contributed by atoms with van der Waals surface area (Å²) in [4.78, 5) is 21.6. The lowest BCUT2D eigenvalue weighted by Crippen LogP contribution is -2.13. The smallest absolute Gasteiger partial charge is 0.306 e. The van der Waals surface area contributed by atoms with Gasteiger partial charge in [-0.25, -0.2) is 4.98 Å². The number of allylic oxidation sites excluding steroid dienone is 2. The molecule has 1 aromatic carbocycles. The molecule has 1 N–H and O–H groups in total. The number of anilines is 1. The van der Waals surface area contributed by atoms with Crippen molar-refractivity contribution >= 4 is 22.7 Å². The second kappa shape index (κ2) is 11.6. The van der Waals surface area contributed by atoms with Crippen molar-refractivity contribution in [2.75, 3.05) is 18.5 Å². The van der Waals surface area contributed by atoms with E-state index in [-0.39, 0.29) is 11.9 Å². The Balaban J connectivity index is 1.33. The van der Waals surface area contributed by atoms with E-state index in [0.717, 1.165) is 66.6 Å². The van der Waals surface area contributed by atoms with Crippen LogP contribution in [0, 0.1) is 0 Å². The van der Waals surface area contributed by atoms with Crippen LogP contribution in [0.4, 0.5) is 5.82 Å². The number of carbonyl (C=O) groups is 1. The third-order valence-corrected chi connectivity index (χ3v) is 6.11. The number of hydrogen-bond donors (Lipinski definition) is 1. The molecule has 3 heterocycles. The molecule has 5 nitrogen and oxygen atoms in total. The molecule has 1 unspecified atom stereocenters. The summed E-state index contributed by atoms with van der Waals surface area (Å²) in [5.41, 5.74) is 4.51. The van der Waals surface area contributed by atoms with E-state index in [1.165, 1.54) is 12.0 Å². The molecule has 4 rings (SSSR count). The lowest BCUT2D eigenvalue weighted by Gasteiger charge is -2.17. The lowest BCUT2D eigenvalue weighted by atomic mass is 9.95. The molecule has 0 radical (unpaired) electrons. The molecule has 33 heavy (non-hydrogen) atoms. The average molecular weight is 444 g/mol. The third kappa shape index (κ3) is 6.41. The number of hydrogen-bond acceptors (Lipinski definition) is 5. The SMILES string of the molecule is CCOC(=O)CC(/C=C/CCCCc1ccc2c(n1)NCCC2)c1cnc2ccccc2c1. The number of ether oxygens (including phenoxy) is 1. The molecule has 3 aromatic rings. The van der Waals surface area contributed by atoms with Gasteiger partial charge >= 0.3 is 5.97 Å². The van der Waals surface area contributed by atoms with Crippen molar-refractivity contribution < 1.29 is 9.53 Å². The van der Waals surface area contributed by atoms with Gasteiger partial charge in [0.05, 0.1) is 18.5 Å². The fraction of sp³-hybridized carbons (Fsp3) is 0.393. The first-order valence-corrected chi connectivity index (χ1v) is 12.1. The van der Waals surface area contributed by atoms with Gasteiger partial charge in [0.1, 0.15) is 5.82 Å². The van der Waals surface area contributed by atoms with Crippen molar-refractivity contribution in [3.8, 4) is 0 Å². The van der Waals surface area contributed by atoms with Crippen LogP contribution in [0.1, 0.15) is 61.8 Å². The largest absolute Gasteiger partial charge is 0.466 e. The Kier molecular flexibility index (Phi) is 8.07. The number of rotatable bonds is 10. The summed E-state index contributed by atoms with van der Waals surface area (Å²) in [5.74, 6) is 0.867. The number of pyridine rings is 2. The predicted octanol–water partition coefficient (Wildman–Crippen LogP) is 5.99. The summed E-state index contributed by atoms with van der Waals surface area (Å²) in [6, 6.07) is 14.6. The monoisotopic (exact) mass is 443 g/mol. The number of nitrogens with zero attached hydrogens (tertiary/aromatic N) is 2. The van der Waals surface area contributed by atoms with Crippen molar-refractivity contribution in [3.05, 3.63) is 77.6 Å². The normalized spacial score (nSPS) is 14.1. The topological polar surface area (TPSA) is 64.1 Å². The van der Waals surface area contributed by atoms with Gasteiger partial charge in [0.2, 0.25) is 0 Å². The fourth-order valence-electron chi connectivity index (χ4n) is 4.32. The number of para-hydroxylation sites is 1. The maximum Gasteiger partial charge on any atom is 0.306 e. The number of esters is 1. The molecule has 5 heteroatoms. The molecule has 0 spiro atoms. The minimum absolute atomic E-state index is 0.0328. The van der Waals surface area contributed by atoms with E-state index in [1.54, 1.807) is 0 Å². The molecule has 2 aromatic heterocycles. The minimum Gasteiger partial charge on any atom is -0.466 e. The zero-order valence-corrected chi connectivity index (χ0v) is 19.4. The van der Waals surface area contributed by atoms with Crippen molar-refractivity contribution in [1.82, 2.24) is 9.97 Å². The van der Waals surface area contributed by atoms with Crippen molar-refractivity contribution in [3.63, 3.8) is 0 Å². The van der Waals surface area contributed by atoms with Gasteiger partial charge in [0.15, 0.2) is 0 Å². The summed E-state index contributed by atoms with van der Waals surface area (Å²) in [7, 11) is 0. The van der Waals surface area contributed by atoms with Gasteiger partial charge in [-0.05, 0) is 74.8 Å². The van der Waals surface area contributed by atoms with Crippen LogP contribution in [-0.4, -0.2) is 29.1 Å². The van der Waals surface area contributed by atoms with Crippen LogP contribution < -0.4 is 5.32 Å². The van der Waals surface area contributed by atoms with Crippen molar-refractivity contribution in [1.29, 1.82) is 0 Å². The first-order chi connectivity index (χ1) is 16.2. The van der Waals surface area contributed by atoms with Gasteiger partial charge in [-0.15, -0.1) is 0 Å². The highest BCUT2D eigenvalue weighted by atomic mass is 16.5. The first kappa shape index (κ1) is 23.0. The van der Waals surface area contributed by atoms with Crippen LogP contribution in [0.25, 0.3) is 10.9 Å². The quantitative estimate of drug-likeness (QED) is 0.237. The van der Waals surface area contributed by atoms with E-state index < -0.39 is 0 Å². The zero-order chi connectivity index (χ0) is 22.9. The Morgan fingerprint density at radius 3 is 3.03 bits per heavy atom. The molecule has 0 amide bonds. The van der Waals surface area contributed by atoms with Gasteiger partial charge in [-0.1, -0.05) is 36.4 Å². The van der Waals surface area contributed by atoms with Crippen LogP contribution in [0.5, 0.6) is 0 Å². The number of benzene rings is 1. The highest BCUT2D eigenvalue weighted by molar-refractivity contribution is 5.79. The number of fused-ring (bicyclic) bond motifs is 2. The molecule has 1 atom stereocenters. The van der Waals surface area contributed by atoms with E-state index in [1.807, 2.05) is 31.3 Å². The number of carbonyl (C=O) groups excluding carboxylic acids is 1.